The normalized spacial score (nSPS) is 16.7. The van der Waals surface area contributed by atoms with Gasteiger partial charge in [-0.2, -0.15) is 0 Å². The second-order valence-electron chi connectivity index (χ2n) is 10.5. The second-order valence-corrected chi connectivity index (χ2v) is 14.6. The van der Waals surface area contributed by atoms with Crippen LogP contribution in [0.4, 0.5) is 24.7 Å². The van der Waals surface area contributed by atoms with Gasteiger partial charge in [0.1, 0.15) is 29.1 Å². The Labute approximate surface area is 236 Å². The molecule has 0 atom stereocenters. The monoisotopic (exact) mass is 607 g/mol. The topological polar surface area (TPSA) is 124 Å². The molecule has 0 unspecified atom stereocenters. The fourth-order valence-electron chi connectivity index (χ4n) is 4.96. The molecule has 14 heteroatoms. The molecule has 1 aliphatic carbocycles. The molecular weight excluding hydrogens is 579 g/mol. The van der Waals surface area contributed by atoms with Crippen LogP contribution < -0.4 is 9.62 Å². The maximum absolute atomic E-state index is 15.2. The molecule has 41 heavy (non-hydrogen) atoms. The van der Waals surface area contributed by atoms with Crippen LogP contribution in [0.15, 0.2) is 64.5 Å². The number of hydrogen-bond donors (Lipinski definition) is 2. The van der Waals surface area contributed by atoms with Crippen molar-refractivity contribution in [2.24, 2.45) is 0 Å². The molecule has 2 aromatic carbocycles. The molecule has 3 aromatic rings. The number of anilines is 2. The van der Waals surface area contributed by atoms with Crippen molar-refractivity contribution < 1.29 is 30.0 Å². The van der Waals surface area contributed by atoms with Crippen LogP contribution in [-0.2, 0) is 19.9 Å². The Morgan fingerprint density at radius 1 is 0.951 bits per heavy atom. The molecule has 1 aromatic heterocycles. The van der Waals surface area contributed by atoms with Gasteiger partial charge in [0.05, 0.1) is 38.0 Å². The van der Waals surface area contributed by atoms with Crippen molar-refractivity contribution in [1.29, 1.82) is 5.41 Å². The van der Waals surface area contributed by atoms with Gasteiger partial charge < -0.3 is 9.80 Å². The van der Waals surface area contributed by atoms with Crippen molar-refractivity contribution in [1.82, 2.24) is 9.88 Å². The van der Waals surface area contributed by atoms with Crippen molar-refractivity contribution in [2.75, 3.05) is 29.3 Å². The number of pyridine rings is 1. The fraction of sp³-hybridized carbons (Fsp3) is 0.333. The number of benzene rings is 2. The Morgan fingerprint density at radius 3 is 2.20 bits per heavy atom. The van der Waals surface area contributed by atoms with Crippen molar-refractivity contribution in [3.63, 3.8) is 0 Å². The van der Waals surface area contributed by atoms with E-state index in [1.54, 1.807) is 11.0 Å². The lowest BCUT2D eigenvalue weighted by molar-refractivity contribution is 0.258. The first kappa shape index (κ1) is 28.9. The van der Waals surface area contributed by atoms with Crippen LogP contribution in [0.5, 0.6) is 0 Å². The highest BCUT2D eigenvalue weighted by Crippen LogP contribution is 2.46. The number of hydrogen-bond acceptors (Lipinski definition) is 7. The van der Waals surface area contributed by atoms with Gasteiger partial charge in [0, 0.05) is 25.7 Å². The summed E-state index contributed by atoms with van der Waals surface area (Å²) in [4.78, 5) is 7.38. The zero-order valence-electron chi connectivity index (χ0n) is 22.2. The van der Waals surface area contributed by atoms with Gasteiger partial charge in [0.15, 0.2) is 9.84 Å². The number of sulfonamides is 1. The first-order valence-corrected chi connectivity index (χ1v) is 15.9. The van der Waals surface area contributed by atoms with Crippen LogP contribution in [0.2, 0.25) is 0 Å². The number of halogens is 3. The first-order valence-electron chi connectivity index (χ1n) is 12.8. The molecule has 0 amide bonds. The summed E-state index contributed by atoms with van der Waals surface area (Å²) in [5, 5.41) is 8.19. The maximum atomic E-state index is 15.2. The summed E-state index contributed by atoms with van der Waals surface area (Å²) in [6.07, 6.45) is 2.48. The Balaban J connectivity index is 1.42. The number of rotatable bonds is 7. The van der Waals surface area contributed by atoms with Gasteiger partial charge in [-0.15, -0.1) is 0 Å². The molecule has 1 spiro atoms. The summed E-state index contributed by atoms with van der Waals surface area (Å²) in [6, 6.07) is 8.77. The summed E-state index contributed by atoms with van der Waals surface area (Å²) in [7, 11) is -8.06. The van der Waals surface area contributed by atoms with Gasteiger partial charge in [-0.05, 0) is 69.2 Å². The van der Waals surface area contributed by atoms with E-state index in [-0.39, 0.29) is 22.2 Å². The highest BCUT2D eigenvalue weighted by atomic mass is 32.2. The molecule has 9 nitrogen and oxygen atoms in total. The van der Waals surface area contributed by atoms with Gasteiger partial charge in [0.25, 0.3) is 10.0 Å². The largest absolute Gasteiger partial charge is 0.352 e. The van der Waals surface area contributed by atoms with Crippen molar-refractivity contribution in [3.8, 4) is 0 Å². The van der Waals surface area contributed by atoms with Gasteiger partial charge in [-0.3, -0.25) is 10.1 Å². The lowest BCUT2D eigenvalue weighted by Crippen LogP contribution is -2.57. The fourth-order valence-corrected chi connectivity index (χ4v) is 7.09. The van der Waals surface area contributed by atoms with E-state index in [4.69, 9.17) is 5.41 Å². The minimum Gasteiger partial charge on any atom is -0.352 e. The van der Waals surface area contributed by atoms with E-state index in [9.17, 15) is 25.6 Å². The quantitative estimate of drug-likeness (QED) is 0.305. The SMILES string of the molecule is CC(C)S(=O)(=O)c1ccc(S(=O)(=O)Nc2cc(F)cc(F)c2C(=N)N2CCN(c3ccc(F)cn3)CC23CC3)cc1. The molecule has 0 bridgehead atoms. The predicted molar refractivity (Wildman–Crippen MR) is 148 cm³/mol. The molecule has 1 saturated heterocycles. The molecule has 2 fully saturated rings. The van der Waals surface area contributed by atoms with Crippen LogP contribution in [0.25, 0.3) is 0 Å². The first-order chi connectivity index (χ1) is 19.2. The third kappa shape index (κ3) is 5.49. The lowest BCUT2D eigenvalue weighted by atomic mass is 10.0. The number of aromatic nitrogens is 1. The Bertz CT molecular complexity index is 1710. The van der Waals surface area contributed by atoms with E-state index >= 15 is 4.39 Å². The number of sulfone groups is 1. The minimum atomic E-state index is -4.42. The molecule has 1 saturated carbocycles. The molecule has 1 aliphatic heterocycles. The average molecular weight is 608 g/mol. The van der Waals surface area contributed by atoms with E-state index in [0.29, 0.717) is 37.8 Å². The molecule has 218 valence electrons. The highest BCUT2D eigenvalue weighted by Gasteiger charge is 2.53. The van der Waals surface area contributed by atoms with Gasteiger partial charge in [-0.25, -0.2) is 35.0 Å². The smallest absolute Gasteiger partial charge is 0.261 e. The Hall–Kier alpha value is -3.65. The molecule has 2 aliphatic rings. The van der Waals surface area contributed by atoms with Gasteiger partial charge in [-0.1, -0.05) is 0 Å². The average Bonchev–Trinajstić information content (AvgIpc) is 3.67. The van der Waals surface area contributed by atoms with Gasteiger partial charge in [0.2, 0.25) is 0 Å². The van der Waals surface area contributed by atoms with Crippen LogP contribution in [0, 0.1) is 22.9 Å². The predicted octanol–water partition coefficient (Wildman–Crippen LogP) is 4.16. The van der Waals surface area contributed by atoms with Crippen molar-refractivity contribution in [3.05, 3.63) is 77.7 Å². The summed E-state index contributed by atoms with van der Waals surface area (Å²) >= 11 is 0. The van der Waals surface area contributed by atoms with E-state index in [1.807, 2.05) is 4.90 Å². The van der Waals surface area contributed by atoms with E-state index in [1.165, 1.54) is 19.9 Å². The van der Waals surface area contributed by atoms with Crippen LogP contribution in [0.3, 0.4) is 0 Å². The Kier molecular flexibility index (Phi) is 7.26. The van der Waals surface area contributed by atoms with Gasteiger partial charge >= 0.3 is 0 Å². The van der Waals surface area contributed by atoms with E-state index in [0.717, 1.165) is 36.5 Å². The maximum Gasteiger partial charge on any atom is 0.261 e. The summed E-state index contributed by atoms with van der Waals surface area (Å²) in [5.74, 6) is -2.35. The second kappa shape index (κ2) is 10.3. The zero-order chi connectivity index (χ0) is 29.7. The van der Waals surface area contributed by atoms with E-state index in [2.05, 4.69) is 9.71 Å². The summed E-state index contributed by atoms with van der Waals surface area (Å²) < 4.78 is 96.3. The van der Waals surface area contributed by atoms with E-state index < -0.39 is 59.4 Å². The molecule has 5 rings (SSSR count). The number of nitrogens with one attached hydrogen (secondary N) is 2. The molecule has 2 N–H and O–H groups in total. The molecular formula is C27H28F3N5O4S2. The number of nitrogens with zero attached hydrogens (tertiary/aromatic N) is 3. The summed E-state index contributed by atoms with van der Waals surface area (Å²) in [5.41, 5.74) is -1.40. The number of amidine groups is 1. The standard InChI is InChI=1S/C27H28F3N5O4S2/c1-17(2)40(36,37)20-4-6-21(7-5-20)41(38,39)33-23-14-19(29)13-22(30)25(23)26(31)35-12-11-34(16-27(35)9-10-27)24-8-3-18(28)15-32-24/h3-8,13-15,17,31,33H,9-12,16H2,1-2H3. The minimum absolute atomic E-state index is 0.0598. The van der Waals surface area contributed by atoms with Crippen LogP contribution in [0.1, 0.15) is 32.3 Å². The van der Waals surface area contributed by atoms with Crippen molar-refractivity contribution >= 4 is 37.2 Å². The van der Waals surface area contributed by atoms with Crippen LogP contribution >= 0.6 is 0 Å². The van der Waals surface area contributed by atoms with Crippen molar-refractivity contribution in [2.45, 2.75) is 47.3 Å². The third-order valence-corrected chi connectivity index (χ3v) is 11.0. The lowest BCUT2D eigenvalue weighted by Gasteiger charge is -2.44. The summed E-state index contributed by atoms with van der Waals surface area (Å²) in [6.45, 7) is 4.10. The highest BCUT2D eigenvalue weighted by molar-refractivity contribution is 7.93. The number of piperazine rings is 1. The molecule has 2 heterocycles. The van der Waals surface area contributed by atoms with Crippen LogP contribution in [-0.4, -0.2) is 63.0 Å². The third-order valence-electron chi connectivity index (χ3n) is 7.40. The Morgan fingerprint density at radius 2 is 1.61 bits per heavy atom. The zero-order valence-corrected chi connectivity index (χ0v) is 23.9. The molecule has 0 radical (unpaired) electrons.